The monoisotopic (exact) mass is 312 g/mol. The van der Waals surface area contributed by atoms with Crippen molar-refractivity contribution in [3.05, 3.63) is 0 Å². The van der Waals surface area contributed by atoms with E-state index in [0.29, 0.717) is 0 Å². The zero-order chi connectivity index (χ0) is 17.0. The fourth-order valence-electron chi connectivity index (χ4n) is 0.577. The molecule has 3 nitrogen and oxygen atoms in total. The van der Waals surface area contributed by atoms with Crippen LogP contribution in [0.1, 0.15) is 0 Å². The van der Waals surface area contributed by atoms with Crippen LogP contribution in [-0.2, 0) is 13.6 Å². The quantitative estimate of drug-likeness (QED) is 0.555. The van der Waals surface area contributed by atoms with E-state index in [9.17, 15) is 4.57 Å². The molecular weight excluding hydrogens is 307 g/mol. The van der Waals surface area contributed by atoms with Gasteiger partial charge in [0.1, 0.15) is 6.11 Å². The Morgan fingerprint density at radius 2 is 1.00 bits per heavy atom. The van der Waals surface area contributed by atoms with E-state index in [1.54, 1.807) is 0 Å². The summed E-state index contributed by atoms with van der Waals surface area (Å²) in [4.78, 5) is 0. The third-order valence-corrected chi connectivity index (χ3v) is 1.90. The highest BCUT2D eigenvalue weighted by Crippen LogP contribution is 2.19. The lowest BCUT2D eigenvalue weighted by Gasteiger charge is -1.90. The van der Waals surface area contributed by atoms with Crippen LogP contribution >= 0.6 is 8.25 Å². The van der Waals surface area contributed by atoms with Gasteiger partial charge in [0.15, 0.2) is 0 Å². The maximum Gasteiger partial charge on any atom is 0.375 e. The van der Waals surface area contributed by atoms with Crippen LogP contribution in [0.3, 0.4) is 0 Å². The summed E-state index contributed by atoms with van der Waals surface area (Å²) in [5.41, 5.74) is 0. The zero-order valence-electron chi connectivity index (χ0n) is 11.8. The maximum atomic E-state index is 10.7. The van der Waals surface area contributed by atoms with Crippen molar-refractivity contribution in [1.82, 2.24) is 0 Å². The van der Waals surface area contributed by atoms with Crippen LogP contribution in [0.5, 0.6) is 0 Å². The predicted octanol–water partition coefficient (Wildman–Crippen LogP) is 0.657. The van der Waals surface area contributed by atoms with Gasteiger partial charge in [-0.25, -0.2) is 4.57 Å². The summed E-state index contributed by atoms with van der Waals surface area (Å²) in [6.07, 6.45) is 6.99. The van der Waals surface area contributed by atoms with Gasteiger partial charge in [-0.15, -0.1) is 6.42 Å². The topological polar surface area (TPSA) is 35.5 Å². The lowest BCUT2D eigenvalue weighted by atomic mass is 10.5. The van der Waals surface area contributed by atoms with Crippen molar-refractivity contribution in [2.45, 2.75) is 0 Å². The standard InChI is InChI=1S/C19H5O3P/c1-3-4-5-6-7-8-9-10-11-12-13-14-15-16-17-18-19-22-23(20)21-2/h1,23H,2H3. The van der Waals surface area contributed by atoms with Crippen molar-refractivity contribution < 1.29 is 13.6 Å². The van der Waals surface area contributed by atoms with Crippen molar-refractivity contribution in [3.8, 4) is 107 Å². The largest absolute Gasteiger partial charge is 0.375 e. The van der Waals surface area contributed by atoms with Gasteiger partial charge in [-0.3, -0.25) is 0 Å². The number of rotatable bonds is 2. The lowest BCUT2D eigenvalue weighted by Crippen LogP contribution is -1.68. The number of hydrogen-bond donors (Lipinski definition) is 0. The SMILES string of the molecule is C#CC#CC#CC#CC#CC#CC#CC#CC#CO[PH](=O)OC. The van der Waals surface area contributed by atoms with Gasteiger partial charge >= 0.3 is 8.25 Å². The Kier molecular flexibility index (Phi) is 13.3. The van der Waals surface area contributed by atoms with Crippen LogP contribution in [0.15, 0.2) is 0 Å². The molecule has 0 amide bonds. The molecule has 0 aliphatic carbocycles. The van der Waals surface area contributed by atoms with Crippen molar-refractivity contribution >= 4 is 8.25 Å². The van der Waals surface area contributed by atoms with Crippen LogP contribution in [0.4, 0.5) is 0 Å². The first-order chi connectivity index (χ1) is 11.3. The van der Waals surface area contributed by atoms with E-state index in [1.165, 1.54) is 7.11 Å². The van der Waals surface area contributed by atoms with Crippen molar-refractivity contribution in [1.29, 1.82) is 0 Å². The Bertz CT molecular complexity index is 996. The summed E-state index contributed by atoms with van der Waals surface area (Å²) < 4.78 is 19.5. The third kappa shape index (κ3) is 16.0. The molecule has 0 aliphatic rings. The fourth-order valence-corrected chi connectivity index (χ4v) is 0.794. The van der Waals surface area contributed by atoms with E-state index < -0.39 is 8.25 Å². The summed E-state index contributed by atoms with van der Waals surface area (Å²) in [7, 11) is -1.30. The van der Waals surface area contributed by atoms with E-state index in [4.69, 9.17) is 6.42 Å². The van der Waals surface area contributed by atoms with Gasteiger partial charge in [0, 0.05) is 54.5 Å². The molecule has 0 radical (unpaired) electrons. The minimum absolute atomic E-state index is 1.25. The van der Waals surface area contributed by atoms with Gasteiger partial charge in [0.05, 0.1) is 0 Å². The molecule has 1 unspecified atom stereocenters. The van der Waals surface area contributed by atoms with Gasteiger partial charge < -0.3 is 9.05 Å². The average Bonchev–Trinajstić information content (AvgIpc) is 2.57. The summed E-state index contributed by atoms with van der Waals surface area (Å²) in [5.74, 6) is 38.3. The van der Waals surface area contributed by atoms with Crippen LogP contribution in [0.2, 0.25) is 0 Å². The first kappa shape index (κ1) is 19.0. The van der Waals surface area contributed by atoms with Gasteiger partial charge in [-0.05, 0) is 47.4 Å². The van der Waals surface area contributed by atoms with Gasteiger partial charge in [-0.2, -0.15) is 0 Å². The lowest BCUT2D eigenvalue weighted by molar-refractivity contribution is 0.337. The molecule has 0 saturated carbocycles. The van der Waals surface area contributed by atoms with Gasteiger partial charge in [0.2, 0.25) is 0 Å². The van der Waals surface area contributed by atoms with Crippen molar-refractivity contribution in [2.75, 3.05) is 7.11 Å². The molecule has 0 heterocycles. The van der Waals surface area contributed by atoms with Crippen LogP contribution in [-0.4, -0.2) is 7.11 Å². The van der Waals surface area contributed by atoms with E-state index in [2.05, 4.69) is 110 Å². The van der Waals surface area contributed by atoms with Crippen LogP contribution in [0, 0.1) is 107 Å². The Morgan fingerprint density at radius 3 is 1.35 bits per heavy atom. The molecule has 0 aliphatic heterocycles. The minimum Gasteiger partial charge on any atom is -0.371 e. The molecule has 0 aromatic rings. The molecule has 0 aromatic heterocycles. The molecule has 104 valence electrons. The van der Waals surface area contributed by atoms with E-state index in [0.717, 1.165) is 0 Å². The normalized spacial score (nSPS) is 6.43. The molecule has 4 heteroatoms. The second kappa shape index (κ2) is 16.1. The summed E-state index contributed by atoms with van der Waals surface area (Å²) in [6, 6.07) is 0. The highest BCUT2D eigenvalue weighted by Gasteiger charge is 1.87. The molecule has 1 atom stereocenters. The molecule has 0 fully saturated rings. The Balaban J connectivity index is 4.31. The van der Waals surface area contributed by atoms with Crippen LogP contribution in [0.25, 0.3) is 0 Å². The smallest absolute Gasteiger partial charge is 0.371 e. The molecule has 23 heavy (non-hydrogen) atoms. The summed E-state index contributed by atoms with van der Waals surface area (Å²) in [5, 5.41) is 0. The van der Waals surface area contributed by atoms with Crippen molar-refractivity contribution in [2.24, 2.45) is 0 Å². The highest BCUT2D eigenvalue weighted by molar-refractivity contribution is 7.33. The Labute approximate surface area is 136 Å². The number of terminal acetylenes is 1. The molecule has 0 spiro atoms. The van der Waals surface area contributed by atoms with Crippen molar-refractivity contribution in [3.63, 3.8) is 0 Å². The first-order valence-corrected chi connectivity index (χ1v) is 6.74. The van der Waals surface area contributed by atoms with E-state index in [1.807, 2.05) is 0 Å². The van der Waals surface area contributed by atoms with E-state index in [-0.39, 0.29) is 0 Å². The summed E-state index contributed by atoms with van der Waals surface area (Å²) >= 11 is 0. The zero-order valence-corrected chi connectivity index (χ0v) is 12.8. The molecule has 0 saturated heterocycles. The molecule has 0 rings (SSSR count). The predicted molar refractivity (Wildman–Crippen MR) is 88.1 cm³/mol. The summed E-state index contributed by atoms with van der Waals surface area (Å²) in [6.45, 7) is 0. The second-order valence-corrected chi connectivity index (χ2v) is 3.79. The Morgan fingerprint density at radius 1 is 0.652 bits per heavy atom. The molecular formula is C19H5O3P. The van der Waals surface area contributed by atoms with Gasteiger partial charge in [-0.1, -0.05) is 0 Å². The molecule has 0 bridgehead atoms. The minimum atomic E-state index is -2.55. The first-order valence-electron chi connectivity index (χ1n) is 5.51. The number of hydrogen-bond acceptors (Lipinski definition) is 3. The van der Waals surface area contributed by atoms with Crippen LogP contribution < -0.4 is 0 Å². The molecule has 0 aromatic carbocycles. The third-order valence-electron chi connectivity index (χ3n) is 1.30. The average molecular weight is 312 g/mol. The van der Waals surface area contributed by atoms with Gasteiger partial charge in [0.25, 0.3) is 0 Å². The second-order valence-electron chi connectivity index (χ2n) is 2.68. The Hall–Kier alpha value is -3.97. The highest BCUT2D eigenvalue weighted by atomic mass is 31.1. The maximum absolute atomic E-state index is 10.7. The fraction of sp³-hybridized carbons (Fsp3) is 0.0526. The molecule has 0 N–H and O–H groups in total. The van der Waals surface area contributed by atoms with E-state index >= 15 is 0 Å².